The highest BCUT2D eigenvalue weighted by Gasteiger charge is 2.43. The van der Waals surface area contributed by atoms with Gasteiger partial charge < -0.3 is 14.4 Å². The Bertz CT molecular complexity index is 1090. The van der Waals surface area contributed by atoms with Gasteiger partial charge in [0.15, 0.2) is 0 Å². The molecule has 1 unspecified atom stereocenters. The quantitative estimate of drug-likeness (QED) is 0.402. The molecule has 0 saturated carbocycles. The number of nitrogens with zero attached hydrogens (tertiary/aromatic N) is 2. The summed E-state index contributed by atoms with van der Waals surface area (Å²) in [5.41, 5.74) is 2.84. The molecule has 0 aliphatic heterocycles. The highest BCUT2D eigenvalue weighted by atomic mass is 79.9. The smallest absolute Gasteiger partial charge is 0.137 e. The van der Waals surface area contributed by atoms with Crippen LogP contribution in [0.1, 0.15) is 38.1 Å². The lowest BCUT2D eigenvalue weighted by atomic mass is 10.1. The fraction of sp³-hybridized carbons (Fsp3) is 0.348. The van der Waals surface area contributed by atoms with Gasteiger partial charge in [0, 0.05) is 5.69 Å². The van der Waals surface area contributed by atoms with Crippen LogP contribution in [0.3, 0.4) is 0 Å². The molecular formula is C23H27BrClFN2O2Si. The number of halogens is 3. The molecule has 2 aromatic carbocycles. The lowest BCUT2D eigenvalue weighted by molar-refractivity contribution is 0.212. The third-order valence-electron chi connectivity index (χ3n) is 6.14. The Morgan fingerprint density at radius 3 is 2.32 bits per heavy atom. The van der Waals surface area contributed by atoms with Crippen molar-refractivity contribution < 1.29 is 14.2 Å². The van der Waals surface area contributed by atoms with Crippen molar-refractivity contribution in [2.75, 3.05) is 7.11 Å². The van der Waals surface area contributed by atoms with Crippen LogP contribution in [0.4, 0.5) is 4.39 Å². The molecule has 0 amide bonds. The van der Waals surface area contributed by atoms with Gasteiger partial charge >= 0.3 is 0 Å². The lowest BCUT2D eigenvalue weighted by Crippen LogP contribution is -2.54. The number of imidazole rings is 1. The SMILES string of the molecule is COc1cc(C(O)c2c(Br)nc([Si](C)(C)C(C)(C)C)n2-c2ccc(F)cc2)ccc1Cl. The van der Waals surface area contributed by atoms with E-state index < -0.39 is 14.2 Å². The molecule has 0 bridgehead atoms. The second kappa shape index (κ2) is 8.69. The number of benzene rings is 2. The van der Waals surface area contributed by atoms with Crippen LogP contribution in [0.25, 0.3) is 5.69 Å². The van der Waals surface area contributed by atoms with Crippen molar-refractivity contribution in [2.24, 2.45) is 0 Å². The summed E-state index contributed by atoms with van der Waals surface area (Å²) in [4.78, 5) is 4.88. The van der Waals surface area contributed by atoms with Gasteiger partial charge in [-0.05, 0) is 62.9 Å². The number of ether oxygens (including phenoxy) is 1. The maximum absolute atomic E-state index is 13.7. The molecule has 0 aliphatic rings. The topological polar surface area (TPSA) is 47.3 Å². The van der Waals surface area contributed by atoms with Gasteiger partial charge in [0.2, 0.25) is 0 Å². The molecule has 1 heterocycles. The number of hydrogen-bond donors (Lipinski definition) is 1. The number of methoxy groups -OCH3 is 1. The molecule has 0 radical (unpaired) electrons. The Kier molecular flexibility index (Phi) is 6.72. The average molecular weight is 526 g/mol. The van der Waals surface area contributed by atoms with E-state index in [2.05, 4.69) is 49.8 Å². The van der Waals surface area contributed by atoms with E-state index in [9.17, 15) is 9.50 Å². The molecule has 0 aliphatic carbocycles. The van der Waals surface area contributed by atoms with E-state index in [-0.39, 0.29) is 10.9 Å². The van der Waals surface area contributed by atoms with Crippen LogP contribution in [-0.4, -0.2) is 29.8 Å². The molecule has 0 saturated heterocycles. The van der Waals surface area contributed by atoms with Crippen LogP contribution >= 0.6 is 27.5 Å². The summed E-state index contributed by atoms with van der Waals surface area (Å²) in [5.74, 6) is 0.160. The Morgan fingerprint density at radius 2 is 1.77 bits per heavy atom. The second-order valence-corrected chi connectivity index (χ2v) is 15.5. The van der Waals surface area contributed by atoms with Crippen molar-refractivity contribution in [2.45, 2.75) is 45.0 Å². The van der Waals surface area contributed by atoms with Crippen LogP contribution in [0.15, 0.2) is 47.1 Å². The standard InChI is InChI=1S/C23H27BrClFN2O2Si/c1-23(2,3)31(5,6)22-27-21(24)19(28(22)16-10-8-15(26)9-11-16)20(29)14-7-12-17(25)18(13-14)30-4/h7-13,20,29H,1-6H3. The first-order valence-corrected chi connectivity index (χ1v) is 14.1. The first-order chi connectivity index (χ1) is 14.4. The number of hydrogen-bond acceptors (Lipinski definition) is 3. The normalized spacial score (nSPS) is 13.4. The number of aliphatic hydroxyl groups is 1. The van der Waals surface area contributed by atoms with Gasteiger partial charge in [0.25, 0.3) is 0 Å². The zero-order valence-corrected chi connectivity index (χ0v) is 21.8. The second-order valence-electron chi connectivity index (χ2n) is 9.09. The summed E-state index contributed by atoms with van der Waals surface area (Å²) >= 11 is 9.76. The predicted octanol–water partition coefficient (Wildman–Crippen LogP) is 6.23. The van der Waals surface area contributed by atoms with Gasteiger partial charge in [0.1, 0.15) is 30.3 Å². The third kappa shape index (κ3) is 4.46. The molecule has 0 spiro atoms. The number of aliphatic hydroxyl groups excluding tert-OH is 1. The molecule has 8 heteroatoms. The van der Waals surface area contributed by atoms with Crippen molar-refractivity contribution in [1.29, 1.82) is 0 Å². The molecule has 1 aromatic heterocycles. The minimum Gasteiger partial charge on any atom is -0.495 e. The van der Waals surface area contributed by atoms with E-state index in [0.717, 1.165) is 11.1 Å². The zero-order chi connectivity index (χ0) is 23.1. The largest absolute Gasteiger partial charge is 0.495 e. The summed E-state index contributed by atoms with van der Waals surface area (Å²) in [7, 11) is -0.602. The first-order valence-electron chi connectivity index (χ1n) is 9.94. The van der Waals surface area contributed by atoms with Gasteiger partial charge in [0.05, 0.1) is 23.3 Å². The molecule has 0 fully saturated rings. The third-order valence-corrected chi connectivity index (χ3v) is 12.2. The maximum Gasteiger partial charge on any atom is 0.137 e. The molecule has 166 valence electrons. The van der Waals surface area contributed by atoms with Crippen LogP contribution < -0.4 is 10.2 Å². The molecule has 1 N–H and O–H groups in total. The minimum atomic E-state index is -2.13. The fourth-order valence-corrected chi connectivity index (χ4v) is 6.04. The molecular weight excluding hydrogens is 499 g/mol. The first kappa shape index (κ1) is 24.0. The van der Waals surface area contributed by atoms with Crippen molar-refractivity contribution >= 4 is 41.1 Å². The van der Waals surface area contributed by atoms with Gasteiger partial charge in [-0.3, -0.25) is 0 Å². The predicted molar refractivity (Wildman–Crippen MR) is 130 cm³/mol. The highest BCUT2D eigenvalue weighted by molar-refractivity contribution is 9.10. The summed E-state index contributed by atoms with van der Waals surface area (Å²) in [6, 6.07) is 11.4. The lowest BCUT2D eigenvalue weighted by Gasteiger charge is -2.36. The summed E-state index contributed by atoms with van der Waals surface area (Å²) in [6.45, 7) is 11.1. The molecule has 1 atom stereocenters. The average Bonchev–Trinajstić information content (AvgIpc) is 3.05. The summed E-state index contributed by atoms with van der Waals surface area (Å²) < 4.78 is 21.5. The summed E-state index contributed by atoms with van der Waals surface area (Å²) in [5, 5.41) is 11.9. The van der Waals surface area contributed by atoms with Crippen LogP contribution in [0.5, 0.6) is 5.75 Å². The molecule has 3 rings (SSSR count). The Balaban J connectivity index is 2.29. The van der Waals surface area contributed by atoms with E-state index in [0.29, 0.717) is 26.6 Å². The fourth-order valence-electron chi connectivity index (χ4n) is 3.25. The van der Waals surface area contributed by atoms with E-state index in [4.69, 9.17) is 21.3 Å². The van der Waals surface area contributed by atoms with Crippen LogP contribution in [0.2, 0.25) is 23.2 Å². The van der Waals surface area contributed by atoms with Gasteiger partial charge in [-0.1, -0.05) is 51.5 Å². The van der Waals surface area contributed by atoms with Gasteiger partial charge in [-0.15, -0.1) is 0 Å². The minimum absolute atomic E-state index is 0.00128. The maximum atomic E-state index is 13.7. The van der Waals surface area contributed by atoms with E-state index >= 15 is 0 Å². The van der Waals surface area contributed by atoms with E-state index in [1.54, 1.807) is 30.3 Å². The number of aromatic nitrogens is 2. The van der Waals surface area contributed by atoms with E-state index in [1.807, 2.05) is 4.57 Å². The monoisotopic (exact) mass is 524 g/mol. The van der Waals surface area contributed by atoms with Crippen molar-refractivity contribution in [3.8, 4) is 11.4 Å². The Hall–Kier alpha value is -1.67. The van der Waals surface area contributed by atoms with Crippen LogP contribution in [-0.2, 0) is 0 Å². The highest BCUT2D eigenvalue weighted by Crippen LogP contribution is 2.39. The molecule has 3 aromatic rings. The van der Waals surface area contributed by atoms with Gasteiger partial charge in [-0.25, -0.2) is 9.37 Å². The van der Waals surface area contributed by atoms with Crippen molar-refractivity contribution in [1.82, 2.24) is 9.55 Å². The van der Waals surface area contributed by atoms with Crippen molar-refractivity contribution in [3.63, 3.8) is 0 Å². The zero-order valence-electron chi connectivity index (χ0n) is 18.5. The van der Waals surface area contributed by atoms with Gasteiger partial charge in [-0.2, -0.15) is 0 Å². The Morgan fingerprint density at radius 1 is 1.16 bits per heavy atom. The Labute approximate surface area is 197 Å². The summed E-state index contributed by atoms with van der Waals surface area (Å²) in [6.07, 6.45) is -1.00. The van der Waals surface area contributed by atoms with Crippen molar-refractivity contribution in [3.05, 3.63) is 69.2 Å². The molecule has 4 nitrogen and oxygen atoms in total. The number of rotatable bonds is 5. The molecule has 31 heavy (non-hydrogen) atoms. The van der Waals surface area contributed by atoms with E-state index in [1.165, 1.54) is 19.2 Å². The van der Waals surface area contributed by atoms with Crippen LogP contribution in [0, 0.1) is 5.82 Å².